The highest BCUT2D eigenvalue weighted by Crippen LogP contribution is 2.32. The van der Waals surface area contributed by atoms with Crippen molar-refractivity contribution in [1.29, 1.82) is 0 Å². The highest BCUT2D eigenvalue weighted by Gasteiger charge is 2.33. The van der Waals surface area contributed by atoms with Crippen molar-refractivity contribution in [2.24, 2.45) is 0 Å². The molecule has 8 heteroatoms. The van der Waals surface area contributed by atoms with Crippen molar-refractivity contribution < 1.29 is 19.1 Å². The predicted octanol–water partition coefficient (Wildman–Crippen LogP) is 0.321. The van der Waals surface area contributed by atoms with Gasteiger partial charge in [-0.3, -0.25) is 14.4 Å². The number of amides is 3. The lowest BCUT2D eigenvalue weighted by Gasteiger charge is -2.11. The Morgan fingerprint density at radius 2 is 2.14 bits per heavy atom. The molecule has 0 saturated carbocycles. The number of nitrogens with one attached hydrogen (secondary N) is 3. The fraction of sp³-hybridized carbons (Fsp3) is 0.308. The van der Waals surface area contributed by atoms with Crippen LogP contribution in [0, 0.1) is 0 Å². The topological polar surface area (TPSA) is 96.5 Å². The fourth-order valence-corrected chi connectivity index (χ4v) is 2.30. The zero-order valence-corrected chi connectivity index (χ0v) is 12.8. The molecule has 2 rings (SSSR count). The van der Waals surface area contributed by atoms with Crippen LogP contribution in [0.25, 0.3) is 0 Å². The molecule has 1 heterocycles. The third-order valence-electron chi connectivity index (χ3n) is 2.92. The minimum atomic E-state index is -0.877. The molecule has 1 aliphatic heterocycles. The Morgan fingerprint density at radius 1 is 1.38 bits per heavy atom. The van der Waals surface area contributed by atoms with Gasteiger partial charge >= 0.3 is 11.8 Å². The third kappa shape index (κ3) is 3.59. The predicted molar refractivity (Wildman–Crippen MR) is 78.5 cm³/mol. The molecule has 1 atom stereocenters. The third-order valence-corrected chi connectivity index (χ3v) is 3.41. The van der Waals surface area contributed by atoms with Crippen LogP contribution in [0.1, 0.15) is 11.6 Å². The van der Waals surface area contributed by atoms with Crippen LogP contribution in [0.3, 0.4) is 0 Å². The maximum absolute atomic E-state index is 11.9. The van der Waals surface area contributed by atoms with Crippen LogP contribution in [0.2, 0.25) is 0 Å². The molecule has 0 saturated heterocycles. The van der Waals surface area contributed by atoms with Crippen LogP contribution in [-0.4, -0.2) is 38.0 Å². The molecule has 1 aromatic rings. The number of anilines is 1. The first kappa shape index (κ1) is 15.5. The molecule has 0 bridgehead atoms. The summed E-state index contributed by atoms with van der Waals surface area (Å²) in [6.07, 6.45) is 0. The molecular weight excluding hydrogens is 342 g/mol. The quantitative estimate of drug-likeness (QED) is 0.535. The lowest BCUT2D eigenvalue weighted by molar-refractivity contribution is -0.140. The lowest BCUT2D eigenvalue weighted by Crippen LogP contribution is -2.43. The van der Waals surface area contributed by atoms with Gasteiger partial charge in [0.15, 0.2) is 0 Å². The average Bonchev–Trinajstić information content (AvgIpc) is 2.75. The highest BCUT2D eigenvalue weighted by molar-refractivity contribution is 9.10. The number of hydrogen-bond acceptors (Lipinski definition) is 4. The van der Waals surface area contributed by atoms with E-state index < -0.39 is 17.9 Å². The van der Waals surface area contributed by atoms with Gasteiger partial charge in [0, 0.05) is 29.4 Å². The van der Waals surface area contributed by atoms with Gasteiger partial charge in [-0.2, -0.15) is 0 Å². The number of benzene rings is 1. The summed E-state index contributed by atoms with van der Waals surface area (Å²) in [5, 5.41) is 7.45. The maximum Gasteiger partial charge on any atom is 0.310 e. The van der Waals surface area contributed by atoms with Crippen molar-refractivity contribution >= 4 is 39.3 Å². The number of ether oxygens (including phenoxy) is 1. The molecule has 3 N–H and O–H groups in total. The van der Waals surface area contributed by atoms with Crippen LogP contribution < -0.4 is 16.0 Å². The van der Waals surface area contributed by atoms with Crippen molar-refractivity contribution in [3.63, 3.8) is 0 Å². The van der Waals surface area contributed by atoms with Gasteiger partial charge < -0.3 is 20.7 Å². The second kappa shape index (κ2) is 6.68. The minimum absolute atomic E-state index is 0.224. The van der Waals surface area contributed by atoms with Gasteiger partial charge in [-0.15, -0.1) is 0 Å². The normalized spacial score (nSPS) is 16.1. The summed E-state index contributed by atoms with van der Waals surface area (Å²) in [4.78, 5) is 35.2. The number of fused-ring (bicyclic) bond motifs is 1. The molecule has 112 valence electrons. The molecule has 0 radical (unpaired) electrons. The SMILES string of the molecule is COCCNC(=O)C(=O)N[C@H]1C(=O)Nc2ccc(Br)cc21. The summed E-state index contributed by atoms with van der Waals surface area (Å²) in [6, 6.07) is 4.35. The van der Waals surface area contributed by atoms with E-state index in [0.717, 1.165) is 4.47 Å². The zero-order valence-electron chi connectivity index (χ0n) is 11.2. The standard InChI is InChI=1S/C13H14BrN3O4/c1-21-5-4-15-12(19)13(20)17-10-8-6-7(14)2-3-9(8)16-11(10)18/h2-3,6,10H,4-5H2,1H3,(H,15,19)(H,16,18)(H,17,20)/t10-/m1/s1. The van der Waals surface area contributed by atoms with Gasteiger partial charge in [-0.1, -0.05) is 15.9 Å². The minimum Gasteiger partial charge on any atom is -0.383 e. The molecule has 0 fully saturated rings. The van der Waals surface area contributed by atoms with E-state index in [4.69, 9.17) is 4.74 Å². The van der Waals surface area contributed by atoms with Gasteiger partial charge in [0.2, 0.25) is 0 Å². The number of halogens is 1. The van der Waals surface area contributed by atoms with Crippen molar-refractivity contribution in [2.45, 2.75) is 6.04 Å². The van der Waals surface area contributed by atoms with Crippen LogP contribution in [0.4, 0.5) is 5.69 Å². The Bertz CT molecular complexity index is 591. The van der Waals surface area contributed by atoms with E-state index >= 15 is 0 Å². The van der Waals surface area contributed by atoms with Gasteiger partial charge in [0.25, 0.3) is 5.91 Å². The highest BCUT2D eigenvalue weighted by atomic mass is 79.9. The number of hydrogen-bond donors (Lipinski definition) is 3. The molecule has 0 aliphatic carbocycles. The van der Waals surface area contributed by atoms with E-state index in [9.17, 15) is 14.4 Å². The molecule has 0 unspecified atom stereocenters. The summed E-state index contributed by atoms with van der Waals surface area (Å²) < 4.78 is 5.55. The first-order chi connectivity index (χ1) is 10.0. The smallest absolute Gasteiger partial charge is 0.310 e. The van der Waals surface area contributed by atoms with Crippen LogP contribution in [0.15, 0.2) is 22.7 Å². The molecule has 1 aliphatic rings. The van der Waals surface area contributed by atoms with Gasteiger partial charge in [-0.05, 0) is 18.2 Å². The Hall–Kier alpha value is -1.93. The summed E-state index contributed by atoms with van der Waals surface area (Å²) >= 11 is 3.30. The molecule has 0 spiro atoms. The van der Waals surface area contributed by atoms with Gasteiger partial charge in [0.05, 0.1) is 6.61 Å². The summed E-state index contributed by atoms with van der Waals surface area (Å²) in [6.45, 7) is 0.528. The zero-order chi connectivity index (χ0) is 15.4. The van der Waals surface area contributed by atoms with Crippen molar-refractivity contribution in [1.82, 2.24) is 10.6 Å². The first-order valence-electron chi connectivity index (χ1n) is 6.21. The first-order valence-corrected chi connectivity index (χ1v) is 7.00. The van der Waals surface area contributed by atoms with E-state index in [1.807, 2.05) is 0 Å². The second-order valence-corrected chi connectivity index (χ2v) is 5.29. The van der Waals surface area contributed by atoms with Crippen molar-refractivity contribution in [2.75, 3.05) is 25.6 Å². The lowest BCUT2D eigenvalue weighted by atomic mass is 10.1. The van der Waals surface area contributed by atoms with Gasteiger partial charge in [0.1, 0.15) is 6.04 Å². The fourth-order valence-electron chi connectivity index (χ4n) is 1.92. The van der Waals surface area contributed by atoms with E-state index in [2.05, 4.69) is 31.9 Å². The van der Waals surface area contributed by atoms with E-state index in [1.54, 1.807) is 18.2 Å². The molecule has 7 nitrogen and oxygen atoms in total. The number of carbonyl (C=O) groups is 3. The summed E-state index contributed by atoms with van der Waals surface area (Å²) in [7, 11) is 1.49. The van der Waals surface area contributed by atoms with E-state index in [0.29, 0.717) is 17.9 Å². The Balaban J connectivity index is 2.03. The van der Waals surface area contributed by atoms with Gasteiger partial charge in [-0.25, -0.2) is 0 Å². The molecule has 3 amide bonds. The van der Waals surface area contributed by atoms with Crippen LogP contribution in [0.5, 0.6) is 0 Å². The van der Waals surface area contributed by atoms with Crippen LogP contribution in [-0.2, 0) is 19.1 Å². The number of carbonyl (C=O) groups excluding carboxylic acids is 3. The van der Waals surface area contributed by atoms with Crippen LogP contribution >= 0.6 is 15.9 Å². The maximum atomic E-state index is 11.9. The molecule has 1 aromatic carbocycles. The van der Waals surface area contributed by atoms with Crippen molar-refractivity contribution in [3.8, 4) is 0 Å². The van der Waals surface area contributed by atoms with E-state index in [-0.39, 0.29) is 12.5 Å². The molecular formula is C13H14BrN3O4. The number of rotatable bonds is 4. The largest absolute Gasteiger partial charge is 0.383 e. The Morgan fingerprint density at radius 3 is 2.86 bits per heavy atom. The average molecular weight is 356 g/mol. The monoisotopic (exact) mass is 355 g/mol. The Labute approximate surface area is 129 Å². The molecule has 21 heavy (non-hydrogen) atoms. The summed E-state index contributed by atoms with van der Waals surface area (Å²) in [5.41, 5.74) is 1.24. The molecule has 0 aromatic heterocycles. The summed E-state index contributed by atoms with van der Waals surface area (Å²) in [5.74, 6) is -2.04. The Kier molecular flexibility index (Phi) is 4.92. The second-order valence-electron chi connectivity index (χ2n) is 4.38. The number of methoxy groups -OCH3 is 1. The van der Waals surface area contributed by atoms with E-state index in [1.165, 1.54) is 7.11 Å². The van der Waals surface area contributed by atoms with Crippen molar-refractivity contribution in [3.05, 3.63) is 28.2 Å².